The second-order valence-corrected chi connectivity index (χ2v) is 6.73. The summed E-state index contributed by atoms with van der Waals surface area (Å²) in [6, 6.07) is 7.28. The molecule has 21 heavy (non-hydrogen) atoms. The molecule has 0 atom stereocenters. The molecule has 0 saturated carbocycles. The standard InChI is InChI=1S/C14H14ClFN2O2S/c1-8-4-3-5-9(2)14(8)18-21(19,20)13-7-12(17)11(16)6-10(13)15/h3-7,18H,17H2,1-2H3. The summed E-state index contributed by atoms with van der Waals surface area (Å²) in [5.74, 6) is -0.758. The van der Waals surface area contributed by atoms with Crippen molar-refractivity contribution in [1.82, 2.24) is 0 Å². The summed E-state index contributed by atoms with van der Waals surface area (Å²) in [4.78, 5) is -0.259. The number of anilines is 2. The Bertz CT molecular complexity index is 787. The number of halogens is 2. The summed E-state index contributed by atoms with van der Waals surface area (Å²) in [6.07, 6.45) is 0. The number of para-hydroxylation sites is 1. The Kier molecular flexibility index (Phi) is 4.11. The van der Waals surface area contributed by atoms with Gasteiger partial charge in [0.2, 0.25) is 0 Å². The third-order valence-electron chi connectivity index (χ3n) is 3.06. The second-order valence-electron chi connectivity index (χ2n) is 4.68. The van der Waals surface area contributed by atoms with Gasteiger partial charge in [0, 0.05) is 0 Å². The fourth-order valence-electron chi connectivity index (χ4n) is 1.92. The van der Waals surface area contributed by atoms with Crippen LogP contribution >= 0.6 is 11.6 Å². The Balaban J connectivity index is 2.51. The smallest absolute Gasteiger partial charge is 0.263 e. The lowest BCUT2D eigenvalue weighted by atomic mass is 10.1. The molecule has 0 amide bonds. The summed E-state index contributed by atoms with van der Waals surface area (Å²) in [5, 5.41) is -0.222. The van der Waals surface area contributed by atoms with E-state index in [0.29, 0.717) is 5.69 Å². The van der Waals surface area contributed by atoms with Crippen LogP contribution in [-0.2, 0) is 10.0 Å². The van der Waals surface area contributed by atoms with Crippen molar-refractivity contribution >= 4 is 33.0 Å². The van der Waals surface area contributed by atoms with E-state index in [0.717, 1.165) is 23.3 Å². The Morgan fingerprint density at radius 3 is 2.33 bits per heavy atom. The van der Waals surface area contributed by atoms with Crippen molar-refractivity contribution in [3.8, 4) is 0 Å². The zero-order valence-electron chi connectivity index (χ0n) is 11.4. The van der Waals surface area contributed by atoms with Crippen molar-refractivity contribution in [1.29, 1.82) is 0 Å². The van der Waals surface area contributed by atoms with Crippen LogP contribution in [0.15, 0.2) is 35.2 Å². The average Bonchev–Trinajstić information content (AvgIpc) is 2.38. The number of aryl methyl sites for hydroxylation is 2. The van der Waals surface area contributed by atoms with Gasteiger partial charge in [-0.1, -0.05) is 29.8 Å². The van der Waals surface area contributed by atoms with E-state index in [1.54, 1.807) is 26.0 Å². The fourth-order valence-corrected chi connectivity index (χ4v) is 3.67. The van der Waals surface area contributed by atoms with Gasteiger partial charge in [-0.2, -0.15) is 0 Å². The molecule has 0 saturated heterocycles. The predicted octanol–water partition coefficient (Wildman–Crippen LogP) is 3.48. The molecule has 4 nitrogen and oxygen atoms in total. The molecular formula is C14H14ClFN2O2S. The largest absolute Gasteiger partial charge is 0.396 e. The first-order valence-electron chi connectivity index (χ1n) is 6.06. The van der Waals surface area contributed by atoms with Crippen LogP contribution in [0, 0.1) is 19.7 Å². The average molecular weight is 329 g/mol. The summed E-state index contributed by atoms with van der Waals surface area (Å²) in [5.41, 5.74) is 7.14. The van der Waals surface area contributed by atoms with Gasteiger partial charge in [-0.05, 0) is 37.1 Å². The Morgan fingerprint density at radius 1 is 1.19 bits per heavy atom. The van der Waals surface area contributed by atoms with Gasteiger partial charge >= 0.3 is 0 Å². The molecule has 0 spiro atoms. The topological polar surface area (TPSA) is 72.2 Å². The lowest BCUT2D eigenvalue weighted by Crippen LogP contribution is -2.15. The molecule has 0 aliphatic carbocycles. The van der Waals surface area contributed by atoms with Crippen molar-refractivity contribution in [3.63, 3.8) is 0 Å². The molecule has 3 N–H and O–H groups in total. The highest BCUT2D eigenvalue weighted by molar-refractivity contribution is 7.92. The highest BCUT2D eigenvalue weighted by atomic mass is 35.5. The third-order valence-corrected chi connectivity index (χ3v) is 4.87. The van der Waals surface area contributed by atoms with Crippen LogP contribution in [0.5, 0.6) is 0 Å². The van der Waals surface area contributed by atoms with Gasteiger partial charge in [-0.25, -0.2) is 12.8 Å². The molecule has 0 aliphatic heterocycles. The Hall–Kier alpha value is -1.79. The summed E-state index contributed by atoms with van der Waals surface area (Å²) < 4.78 is 40.6. The van der Waals surface area contributed by atoms with Gasteiger partial charge in [0.25, 0.3) is 10.0 Å². The summed E-state index contributed by atoms with van der Waals surface area (Å²) >= 11 is 5.82. The first-order valence-corrected chi connectivity index (χ1v) is 7.92. The molecule has 2 rings (SSSR count). The van der Waals surface area contributed by atoms with E-state index in [1.807, 2.05) is 6.07 Å². The van der Waals surface area contributed by atoms with Gasteiger partial charge < -0.3 is 5.73 Å². The Labute approximate surface area is 127 Å². The molecule has 112 valence electrons. The molecule has 2 aromatic carbocycles. The van der Waals surface area contributed by atoms with Crippen LogP contribution in [0.2, 0.25) is 5.02 Å². The van der Waals surface area contributed by atoms with Crippen molar-refractivity contribution in [2.24, 2.45) is 0 Å². The van der Waals surface area contributed by atoms with E-state index < -0.39 is 15.8 Å². The minimum Gasteiger partial charge on any atom is -0.396 e. The van der Waals surface area contributed by atoms with Gasteiger partial charge in [0.05, 0.1) is 16.4 Å². The zero-order chi connectivity index (χ0) is 15.8. The maximum atomic E-state index is 13.3. The first-order chi connectivity index (χ1) is 9.72. The number of rotatable bonds is 3. The van der Waals surface area contributed by atoms with Crippen molar-refractivity contribution < 1.29 is 12.8 Å². The molecule has 0 heterocycles. The molecular weight excluding hydrogens is 315 g/mol. The van der Waals surface area contributed by atoms with E-state index in [9.17, 15) is 12.8 Å². The van der Waals surface area contributed by atoms with Gasteiger partial charge in [0.15, 0.2) is 0 Å². The van der Waals surface area contributed by atoms with Gasteiger partial charge in [-0.15, -0.1) is 0 Å². The number of nitrogens with two attached hydrogens (primary N) is 1. The van der Waals surface area contributed by atoms with E-state index >= 15 is 0 Å². The predicted molar refractivity (Wildman–Crippen MR) is 82.5 cm³/mol. The second kappa shape index (κ2) is 5.54. The van der Waals surface area contributed by atoms with Crippen LogP contribution in [0.4, 0.5) is 15.8 Å². The number of nitrogens with one attached hydrogen (secondary N) is 1. The van der Waals surface area contributed by atoms with Crippen molar-refractivity contribution in [3.05, 3.63) is 52.3 Å². The minimum atomic E-state index is -3.96. The molecule has 7 heteroatoms. The third kappa shape index (κ3) is 3.11. The van der Waals surface area contributed by atoms with Gasteiger partial charge in [0.1, 0.15) is 10.7 Å². The molecule has 0 unspecified atom stereocenters. The van der Waals surface area contributed by atoms with E-state index in [4.69, 9.17) is 17.3 Å². The monoisotopic (exact) mass is 328 g/mol. The number of sulfonamides is 1. The molecule has 0 bridgehead atoms. The molecule has 2 aromatic rings. The molecule has 0 radical (unpaired) electrons. The SMILES string of the molecule is Cc1cccc(C)c1NS(=O)(=O)c1cc(N)c(F)cc1Cl. The molecule has 0 aliphatic rings. The normalized spacial score (nSPS) is 11.4. The van der Waals surface area contributed by atoms with Crippen LogP contribution in [-0.4, -0.2) is 8.42 Å². The van der Waals surface area contributed by atoms with Crippen LogP contribution in [0.3, 0.4) is 0 Å². The van der Waals surface area contributed by atoms with E-state index in [1.165, 1.54) is 0 Å². The van der Waals surface area contributed by atoms with Crippen LogP contribution < -0.4 is 10.5 Å². The first kappa shape index (κ1) is 15.6. The lowest BCUT2D eigenvalue weighted by Gasteiger charge is -2.14. The maximum Gasteiger partial charge on any atom is 0.263 e. The highest BCUT2D eigenvalue weighted by Crippen LogP contribution is 2.29. The van der Waals surface area contributed by atoms with Gasteiger partial charge in [-0.3, -0.25) is 4.72 Å². The van der Waals surface area contributed by atoms with Crippen LogP contribution in [0.1, 0.15) is 11.1 Å². The van der Waals surface area contributed by atoms with E-state index in [2.05, 4.69) is 4.72 Å². The maximum absolute atomic E-state index is 13.3. The molecule has 0 fully saturated rings. The van der Waals surface area contributed by atoms with E-state index in [-0.39, 0.29) is 15.6 Å². The highest BCUT2D eigenvalue weighted by Gasteiger charge is 2.21. The van der Waals surface area contributed by atoms with Crippen LogP contribution in [0.25, 0.3) is 0 Å². The fraction of sp³-hybridized carbons (Fsp3) is 0.143. The number of benzene rings is 2. The zero-order valence-corrected chi connectivity index (χ0v) is 13.0. The van der Waals surface area contributed by atoms with Crippen molar-refractivity contribution in [2.75, 3.05) is 10.5 Å². The Morgan fingerprint density at radius 2 is 1.76 bits per heavy atom. The summed E-state index contributed by atoms with van der Waals surface area (Å²) in [6.45, 7) is 3.57. The lowest BCUT2D eigenvalue weighted by molar-refractivity contribution is 0.600. The summed E-state index contributed by atoms with van der Waals surface area (Å²) in [7, 11) is -3.96. The molecule has 0 aromatic heterocycles. The number of hydrogen-bond donors (Lipinski definition) is 2. The number of hydrogen-bond acceptors (Lipinski definition) is 3. The minimum absolute atomic E-state index is 0.222. The quantitative estimate of drug-likeness (QED) is 0.847. The van der Waals surface area contributed by atoms with Crippen molar-refractivity contribution in [2.45, 2.75) is 18.7 Å². The number of nitrogen functional groups attached to an aromatic ring is 1.